The van der Waals surface area contributed by atoms with Gasteiger partial charge in [0.05, 0.1) is 43.1 Å². The van der Waals surface area contributed by atoms with Gasteiger partial charge in [0, 0.05) is 35.2 Å². The molecule has 0 aromatic heterocycles. The number of nitrogens with zero attached hydrogens (tertiary/aromatic N) is 2. The molecule has 2 aliphatic carbocycles. The maximum Gasteiger partial charge on any atom is 0.260 e. The van der Waals surface area contributed by atoms with Gasteiger partial charge in [-0.1, -0.05) is 35.4 Å². The van der Waals surface area contributed by atoms with E-state index in [1.54, 1.807) is 37.3 Å². The molecule has 2 heterocycles. The zero-order valence-electron chi connectivity index (χ0n) is 26.4. The van der Waals surface area contributed by atoms with Crippen LogP contribution in [0.1, 0.15) is 36.8 Å². The van der Waals surface area contributed by atoms with E-state index in [-0.39, 0.29) is 48.3 Å². The van der Waals surface area contributed by atoms with Gasteiger partial charge in [-0.2, -0.15) is 5.01 Å². The first kappa shape index (κ1) is 31.7. The number of likely N-dealkylation sites (tertiary alicyclic amines) is 1. The number of phenols is 1. The number of nitrogens with one attached hydrogen (secondary N) is 1. The van der Waals surface area contributed by atoms with Gasteiger partial charge in [-0.05, 0) is 67.6 Å². The third-order valence-corrected chi connectivity index (χ3v) is 10.8. The molecule has 2 N–H and O–H groups in total. The number of hydrazine groups is 1. The lowest BCUT2D eigenvalue weighted by Crippen LogP contribution is -2.53. The summed E-state index contributed by atoms with van der Waals surface area (Å²) in [5, 5.41) is 13.1. The number of rotatable bonds is 7. The zero-order chi connectivity index (χ0) is 34.1. The van der Waals surface area contributed by atoms with E-state index in [4.69, 9.17) is 21.1 Å². The van der Waals surface area contributed by atoms with E-state index in [2.05, 4.69) is 5.43 Å². The average Bonchev–Trinajstić information content (AvgIpc) is 3.46. The van der Waals surface area contributed by atoms with Crippen LogP contribution < -0.4 is 14.9 Å². The summed E-state index contributed by atoms with van der Waals surface area (Å²) < 4.78 is 25.0. The van der Waals surface area contributed by atoms with Gasteiger partial charge in [0.2, 0.25) is 11.8 Å². The molecule has 6 atom stereocenters. The van der Waals surface area contributed by atoms with Crippen LogP contribution in [0.15, 0.2) is 72.3 Å². The van der Waals surface area contributed by atoms with Crippen molar-refractivity contribution < 1.29 is 38.1 Å². The first-order chi connectivity index (χ1) is 23.1. The topological polar surface area (TPSA) is 125 Å². The van der Waals surface area contributed by atoms with E-state index in [1.807, 2.05) is 6.08 Å². The summed E-state index contributed by atoms with van der Waals surface area (Å²) in [4.78, 5) is 58.4. The number of benzene rings is 3. The molecule has 248 valence electrons. The third-order valence-electron chi connectivity index (χ3n) is 10.5. The molecule has 0 bridgehead atoms. The van der Waals surface area contributed by atoms with Gasteiger partial charge >= 0.3 is 0 Å². The van der Waals surface area contributed by atoms with Crippen LogP contribution >= 0.6 is 11.6 Å². The first-order valence-corrected chi connectivity index (χ1v) is 16.1. The van der Waals surface area contributed by atoms with Gasteiger partial charge in [0.1, 0.15) is 23.1 Å². The van der Waals surface area contributed by atoms with E-state index in [0.29, 0.717) is 27.6 Å². The van der Waals surface area contributed by atoms with Gasteiger partial charge < -0.3 is 14.6 Å². The molecule has 4 amide bonds. The number of phenolic OH excluding ortho intramolecular Hbond substituents is 1. The van der Waals surface area contributed by atoms with Gasteiger partial charge in [0.25, 0.3) is 11.8 Å². The van der Waals surface area contributed by atoms with Gasteiger partial charge in [0.15, 0.2) is 0 Å². The number of imide groups is 2. The molecular formula is C36H33ClFN3O7. The van der Waals surface area contributed by atoms with E-state index < -0.39 is 52.6 Å². The highest BCUT2D eigenvalue weighted by Gasteiger charge is 2.71. The zero-order valence-corrected chi connectivity index (χ0v) is 27.2. The van der Waals surface area contributed by atoms with Gasteiger partial charge in [-0.15, -0.1) is 0 Å². The van der Waals surface area contributed by atoms with E-state index in [1.165, 1.54) is 49.5 Å². The van der Waals surface area contributed by atoms with Gasteiger partial charge in [-0.25, -0.2) is 4.39 Å². The second-order valence-electron chi connectivity index (χ2n) is 12.6. The third kappa shape index (κ3) is 4.43. The highest BCUT2D eigenvalue weighted by Crippen LogP contribution is 2.66. The van der Waals surface area contributed by atoms with Crippen LogP contribution in [0, 0.1) is 29.5 Å². The van der Waals surface area contributed by atoms with Crippen molar-refractivity contribution in [3.05, 3.63) is 94.3 Å². The minimum atomic E-state index is -1.67. The summed E-state index contributed by atoms with van der Waals surface area (Å²) in [5.74, 6) is -6.03. The van der Waals surface area contributed by atoms with Crippen LogP contribution in [-0.4, -0.2) is 59.4 Å². The molecule has 7 rings (SSSR count). The molecule has 3 fully saturated rings. The number of fused-ring (bicyclic) bond motifs is 4. The molecule has 1 saturated carbocycles. The molecule has 4 aliphatic rings. The van der Waals surface area contributed by atoms with Crippen LogP contribution in [-0.2, 0) is 24.6 Å². The fourth-order valence-electron chi connectivity index (χ4n) is 8.51. The number of halogens is 2. The number of carbonyl (C=O) groups excluding carboxylic acids is 4. The summed E-state index contributed by atoms with van der Waals surface area (Å²) >= 11 is 6.33. The fraction of sp³-hybridized carbons (Fsp3) is 0.333. The van der Waals surface area contributed by atoms with Gasteiger partial charge in [-0.3, -0.25) is 29.5 Å². The number of carbonyl (C=O) groups is 4. The van der Waals surface area contributed by atoms with Crippen molar-refractivity contribution in [2.45, 2.75) is 31.1 Å². The highest BCUT2D eigenvalue weighted by atomic mass is 35.5. The van der Waals surface area contributed by atoms with Crippen molar-refractivity contribution in [2.24, 2.45) is 23.7 Å². The van der Waals surface area contributed by atoms with Crippen LogP contribution in [0.3, 0.4) is 0 Å². The standard InChI is InChI=1S/C36H33ClFN3O7/c1-4-40-32(43)24-14-13-23-25(29(24)34(40)45)17-26-33(44)41(39-21-11-9-20(38)10-12-21)35(46)36(26,18-5-7-19(37)8-6-18)31(23)30-27(42)15-22(47-2)16-28(30)48-3/h5-13,15-16,24-26,29,31,39,42H,4,14,17H2,1-3H3/t24-,25+,26-,29-,31+,36+/m0/s1. The Bertz CT molecular complexity index is 1880. The Morgan fingerprint density at radius 1 is 0.958 bits per heavy atom. The smallest absolute Gasteiger partial charge is 0.260 e. The quantitative estimate of drug-likeness (QED) is 0.259. The molecule has 10 nitrogen and oxygen atoms in total. The molecule has 0 radical (unpaired) electrons. The lowest BCUT2D eigenvalue weighted by Gasteiger charge is -2.50. The van der Waals surface area contributed by atoms with E-state index in [9.17, 15) is 23.9 Å². The minimum absolute atomic E-state index is 0.0775. The number of hydrogen-bond donors (Lipinski definition) is 2. The minimum Gasteiger partial charge on any atom is -0.507 e. The number of aromatic hydroxyl groups is 1. The number of amides is 4. The van der Waals surface area contributed by atoms with E-state index in [0.717, 1.165) is 5.01 Å². The van der Waals surface area contributed by atoms with Crippen LogP contribution in [0.4, 0.5) is 10.1 Å². The molecule has 3 aromatic carbocycles. The first-order valence-electron chi connectivity index (χ1n) is 15.7. The number of allylic oxidation sites excluding steroid dienone is 2. The lowest BCUT2D eigenvalue weighted by molar-refractivity contribution is -0.141. The van der Waals surface area contributed by atoms with Crippen LogP contribution in [0.2, 0.25) is 5.02 Å². The Labute approximate surface area is 281 Å². The Morgan fingerprint density at radius 2 is 1.67 bits per heavy atom. The molecule has 2 saturated heterocycles. The van der Waals surface area contributed by atoms with E-state index >= 15 is 4.79 Å². The predicted molar refractivity (Wildman–Crippen MR) is 173 cm³/mol. The molecule has 0 unspecified atom stereocenters. The van der Waals surface area contributed by atoms with Crippen molar-refractivity contribution in [3.8, 4) is 17.2 Å². The summed E-state index contributed by atoms with van der Waals surface area (Å²) in [7, 11) is 2.87. The predicted octanol–water partition coefficient (Wildman–Crippen LogP) is 5.21. The fourth-order valence-corrected chi connectivity index (χ4v) is 8.64. The van der Waals surface area contributed by atoms with Crippen molar-refractivity contribution in [2.75, 3.05) is 26.2 Å². The van der Waals surface area contributed by atoms with Crippen LogP contribution in [0.25, 0.3) is 0 Å². The molecule has 3 aromatic rings. The molecule has 12 heteroatoms. The summed E-state index contributed by atoms with van der Waals surface area (Å²) in [6.07, 6.45) is 2.22. The highest BCUT2D eigenvalue weighted by molar-refractivity contribution is 6.30. The number of hydrogen-bond acceptors (Lipinski definition) is 8. The second-order valence-corrected chi connectivity index (χ2v) is 13.0. The SMILES string of the molecule is CCN1C(=O)[C@H]2[C@H](CC=C3[C@H]2C[C@H]2C(=O)N(Nc4ccc(F)cc4)C(=O)[C@@]2(c2ccc(Cl)cc2)[C@H]3c2c(O)cc(OC)cc2OC)C1=O. The van der Waals surface area contributed by atoms with Crippen molar-refractivity contribution >= 4 is 40.9 Å². The maximum absolute atomic E-state index is 15.2. The molecular weight excluding hydrogens is 641 g/mol. The Morgan fingerprint density at radius 3 is 2.31 bits per heavy atom. The number of methoxy groups -OCH3 is 2. The molecule has 2 aliphatic heterocycles. The largest absolute Gasteiger partial charge is 0.507 e. The number of anilines is 1. The Hall–Kier alpha value is -4.90. The Balaban J connectivity index is 1.51. The number of ether oxygens (including phenoxy) is 2. The lowest BCUT2D eigenvalue weighted by atomic mass is 9.49. The average molecular weight is 674 g/mol. The Kier molecular flexibility index (Phi) is 7.70. The summed E-state index contributed by atoms with van der Waals surface area (Å²) in [6, 6.07) is 14.9. The van der Waals surface area contributed by atoms with Crippen molar-refractivity contribution in [3.63, 3.8) is 0 Å². The molecule has 48 heavy (non-hydrogen) atoms. The van der Waals surface area contributed by atoms with Crippen molar-refractivity contribution in [1.29, 1.82) is 0 Å². The van der Waals surface area contributed by atoms with Crippen LogP contribution in [0.5, 0.6) is 17.2 Å². The summed E-state index contributed by atoms with van der Waals surface area (Å²) in [5.41, 5.74) is 2.90. The second kappa shape index (κ2) is 11.7. The monoisotopic (exact) mass is 673 g/mol. The maximum atomic E-state index is 15.2. The van der Waals surface area contributed by atoms with Crippen molar-refractivity contribution in [1.82, 2.24) is 9.91 Å². The normalized spacial score (nSPS) is 27.8. The summed E-state index contributed by atoms with van der Waals surface area (Å²) in [6.45, 7) is 1.96. The molecule has 0 spiro atoms.